The van der Waals surface area contributed by atoms with Crippen LogP contribution in [0.3, 0.4) is 0 Å². The van der Waals surface area contributed by atoms with Crippen LogP contribution >= 0.6 is 12.4 Å². The Bertz CT molecular complexity index is 588. The predicted octanol–water partition coefficient (Wildman–Crippen LogP) is 1.69. The molecule has 0 spiro atoms. The second-order valence-electron chi connectivity index (χ2n) is 5.88. The Morgan fingerprint density at radius 3 is 2.78 bits per heavy atom. The monoisotopic (exact) mass is 339 g/mol. The molecule has 1 saturated heterocycles. The van der Waals surface area contributed by atoms with Gasteiger partial charge in [-0.05, 0) is 42.9 Å². The maximum Gasteiger partial charge on any atom is 0.241 e. The fourth-order valence-corrected chi connectivity index (χ4v) is 2.96. The topological polar surface area (TPSA) is 93.5 Å². The molecule has 0 aliphatic carbocycles. The summed E-state index contributed by atoms with van der Waals surface area (Å²) in [5, 5.41) is 5.68. The van der Waals surface area contributed by atoms with Crippen molar-refractivity contribution in [3.8, 4) is 0 Å². The van der Waals surface area contributed by atoms with Gasteiger partial charge in [-0.1, -0.05) is 6.07 Å². The minimum Gasteiger partial charge on any atom is -0.381 e. The number of nitrogens with two attached hydrogens (primary N) is 1. The van der Waals surface area contributed by atoms with E-state index >= 15 is 0 Å². The minimum absolute atomic E-state index is 0. The molecule has 2 amide bonds. The summed E-state index contributed by atoms with van der Waals surface area (Å²) in [4.78, 5) is 23.7. The van der Waals surface area contributed by atoms with Crippen molar-refractivity contribution in [2.75, 3.05) is 23.8 Å². The number of amides is 2. The molecule has 1 aromatic rings. The number of carbonyl (C=O) groups is 2. The highest BCUT2D eigenvalue weighted by molar-refractivity contribution is 5.98. The number of anilines is 2. The van der Waals surface area contributed by atoms with Crippen LogP contribution in [0, 0.1) is 5.92 Å². The van der Waals surface area contributed by atoms with E-state index in [1.807, 2.05) is 12.1 Å². The number of carbonyl (C=O) groups excluding carboxylic acids is 2. The van der Waals surface area contributed by atoms with Gasteiger partial charge in [0.2, 0.25) is 11.8 Å². The van der Waals surface area contributed by atoms with E-state index in [0.29, 0.717) is 25.3 Å². The third-order valence-electron chi connectivity index (χ3n) is 4.35. The average Bonchev–Trinajstić information content (AvgIpc) is 2.54. The van der Waals surface area contributed by atoms with Gasteiger partial charge in [-0.15, -0.1) is 12.4 Å². The Labute approximate surface area is 141 Å². The Morgan fingerprint density at radius 2 is 2.04 bits per heavy atom. The standard InChI is InChI=1S/C16H21N3O3.ClH/c17-15(11-5-7-22-8-6-11)16(21)18-12-3-1-10-2-4-14(20)19-13(10)9-12;/h1,3,9,11,15H,2,4-8,17H2,(H,18,21)(H,19,20);1H. The molecule has 126 valence electrons. The molecule has 2 aliphatic heterocycles. The summed E-state index contributed by atoms with van der Waals surface area (Å²) in [5.74, 6) is -0.0186. The summed E-state index contributed by atoms with van der Waals surface area (Å²) < 4.78 is 5.29. The van der Waals surface area contributed by atoms with Crippen LogP contribution in [0.25, 0.3) is 0 Å². The molecule has 1 aromatic carbocycles. The lowest BCUT2D eigenvalue weighted by Gasteiger charge is -2.27. The molecule has 0 saturated carbocycles. The van der Waals surface area contributed by atoms with E-state index in [9.17, 15) is 9.59 Å². The molecule has 1 fully saturated rings. The van der Waals surface area contributed by atoms with Crippen molar-refractivity contribution in [3.05, 3.63) is 23.8 Å². The molecule has 7 heteroatoms. The van der Waals surface area contributed by atoms with Crippen molar-refractivity contribution < 1.29 is 14.3 Å². The molecule has 3 rings (SSSR count). The van der Waals surface area contributed by atoms with Gasteiger partial charge in [0.1, 0.15) is 0 Å². The van der Waals surface area contributed by atoms with Crippen LogP contribution in [0.2, 0.25) is 0 Å². The van der Waals surface area contributed by atoms with Crippen molar-refractivity contribution in [2.24, 2.45) is 11.7 Å². The lowest BCUT2D eigenvalue weighted by molar-refractivity contribution is -0.119. The van der Waals surface area contributed by atoms with Gasteiger partial charge in [0, 0.05) is 31.0 Å². The molecule has 0 aromatic heterocycles. The number of hydrogen-bond donors (Lipinski definition) is 3. The van der Waals surface area contributed by atoms with Gasteiger partial charge in [-0.2, -0.15) is 0 Å². The van der Waals surface area contributed by atoms with E-state index in [-0.39, 0.29) is 30.1 Å². The van der Waals surface area contributed by atoms with Crippen LogP contribution in [0.5, 0.6) is 0 Å². The van der Waals surface area contributed by atoms with Crippen molar-refractivity contribution in [2.45, 2.75) is 31.7 Å². The first-order chi connectivity index (χ1) is 10.6. The van der Waals surface area contributed by atoms with Crippen molar-refractivity contribution in [1.82, 2.24) is 0 Å². The van der Waals surface area contributed by atoms with E-state index in [1.54, 1.807) is 6.07 Å². The van der Waals surface area contributed by atoms with Crippen molar-refractivity contribution in [3.63, 3.8) is 0 Å². The maximum atomic E-state index is 12.3. The molecule has 1 atom stereocenters. The minimum atomic E-state index is -0.533. The van der Waals surface area contributed by atoms with Gasteiger partial charge in [-0.25, -0.2) is 0 Å². The number of hydrogen-bond acceptors (Lipinski definition) is 4. The number of rotatable bonds is 3. The van der Waals surface area contributed by atoms with Crippen LogP contribution < -0.4 is 16.4 Å². The fraction of sp³-hybridized carbons (Fsp3) is 0.500. The molecule has 23 heavy (non-hydrogen) atoms. The third kappa shape index (κ3) is 4.22. The van der Waals surface area contributed by atoms with Gasteiger partial charge >= 0.3 is 0 Å². The Hall–Kier alpha value is -1.63. The molecule has 0 radical (unpaired) electrons. The van der Waals surface area contributed by atoms with Crippen molar-refractivity contribution >= 4 is 35.6 Å². The van der Waals surface area contributed by atoms with Crippen LogP contribution in [0.1, 0.15) is 24.8 Å². The lowest BCUT2D eigenvalue weighted by Crippen LogP contribution is -2.44. The maximum absolute atomic E-state index is 12.3. The Kier molecular flexibility index (Phi) is 5.98. The second kappa shape index (κ2) is 7.77. The summed E-state index contributed by atoms with van der Waals surface area (Å²) in [6, 6.07) is 5.05. The Balaban J connectivity index is 0.00000192. The number of aryl methyl sites for hydroxylation is 1. The number of ether oxygens (including phenoxy) is 1. The molecular weight excluding hydrogens is 318 g/mol. The van der Waals surface area contributed by atoms with E-state index in [4.69, 9.17) is 10.5 Å². The summed E-state index contributed by atoms with van der Waals surface area (Å²) in [6.45, 7) is 1.33. The van der Waals surface area contributed by atoms with E-state index in [1.165, 1.54) is 0 Å². The summed E-state index contributed by atoms with van der Waals surface area (Å²) in [6.07, 6.45) is 2.87. The van der Waals surface area contributed by atoms with E-state index in [0.717, 1.165) is 30.5 Å². The lowest BCUT2D eigenvalue weighted by atomic mass is 9.92. The fourth-order valence-electron chi connectivity index (χ4n) is 2.96. The van der Waals surface area contributed by atoms with Crippen LogP contribution in [0.15, 0.2) is 18.2 Å². The van der Waals surface area contributed by atoms with E-state index in [2.05, 4.69) is 10.6 Å². The zero-order valence-corrected chi connectivity index (χ0v) is 13.7. The average molecular weight is 340 g/mol. The summed E-state index contributed by atoms with van der Waals surface area (Å²) in [5.41, 5.74) is 8.58. The summed E-state index contributed by atoms with van der Waals surface area (Å²) >= 11 is 0. The first-order valence-electron chi connectivity index (χ1n) is 7.70. The Morgan fingerprint density at radius 1 is 1.30 bits per heavy atom. The highest BCUT2D eigenvalue weighted by Gasteiger charge is 2.26. The molecule has 1 unspecified atom stereocenters. The molecule has 2 heterocycles. The smallest absolute Gasteiger partial charge is 0.241 e. The first-order valence-corrected chi connectivity index (χ1v) is 7.70. The largest absolute Gasteiger partial charge is 0.381 e. The summed E-state index contributed by atoms with van der Waals surface area (Å²) in [7, 11) is 0. The zero-order valence-electron chi connectivity index (χ0n) is 12.8. The number of benzene rings is 1. The molecule has 6 nitrogen and oxygen atoms in total. The van der Waals surface area contributed by atoms with Crippen LogP contribution in [-0.2, 0) is 20.7 Å². The van der Waals surface area contributed by atoms with Crippen molar-refractivity contribution in [1.29, 1.82) is 0 Å². The molecule has 0 bridgehead atoms. The van der Waals surface area contributed by atoms with Crippen LogP contribution in [-0.4, -0.2) is 31.1 Å². The molecule has 4 N–H and O–H groups in total. The zero-order chi connectivity index (χ0) is 15.5. The van der Waals surface area contributed by atoms with Gasteiger partial charge in [-0.3, -0.25) is 9.59 Å². The number of halogens is 1. The highest BCUT2D eigenvalue weighted by Crippen LogP contribution is 2.26. The molecule has 2 aliphatic rings. The third-order valence-corrected chi connectivity index (χ3v) is 4.35. The van der Waals surface area contributed by atoms with Gasteiger partial charge in [0.15, 0.2) is 0 Å². The first kappa shape index (κ1) is 17.7. The second-order valence-corrected chi connectivity index (χ2v) is 5.88. The van der Waals surface area contributed by atoms with E-state index < -0.39 is 6.04 Å². The quantitative estimate of drug-likeness (QED) is 0.781. The highest BCUT2D eigenvalue weighted by atomic mass is 35.5. The van der Waals surface area contributed by atoms with Gasteiger partial charge in [0.05, 0.1) is 6.04 Å². The van der Waals surface area contributed by atoms with Gasteiger partial charge < -0.3 is 21.1 Å². The normalized spacial score (nSPS) is 19.1. The number of fused-ring (bicyclic) bond motifs is 1. The molecular formula is C16H22ClN3O3. The number of nitrogens with one attached hydrogen (secondary N) is 2. The van der Waals surface area contributed by atoms with Gasteiger partial charge in [0.25, 0.3) is 0 Å². The van der Waals surface area contributed by atoms with Crippen LogP contribution in [0.4, 0.5) is 11.4 Å². The predicted molar refractivity (Wildman–Crippen MR) is 90.8 cm³/mol. The SMILES string of the molecule is Cl.NC(C(=O)Nc1ccc2c(c1)NC(=O)CC2)C1CCOCC1.